The van der Waals surface area contributed by atoms with Crippen molar-refractivity contribution >= 4 is 11.6 Å². The van der Waals surface area contributed by atoms with Crippen LogP contribution in [0.4, 0.5) is 5.69 Å². The van der Waals surface area contributed by atoms with Crippen LogP contribution in [0, 0.1) is 12.8 Å². The highest BCUT2D eigenvalue weighted by molar-refractivity contribution is 5.92. The van der Waals surface area contributed by atoms with Gasteiger partial charge in [-0.1, -0.05) is 31.0 Å². The number of hydrogen-bond acceptors (Lipinski definition) is 2. The van der Waals surface area contributed by atoms with Gasteiger partial charge in [0.1, 0.15) is 0 Å². The second-order valence-electron chi connectivity index (χ2n) is 4.08. The Hall–Kier alpha value is -1.35. The van der Waals surface area contributed by atoms with Crippen molar-refractivity contribution in [1.29, 1.82) is 0 Å². The second-order valence-corrected chi connectivity index (χ2v) is 4.08. The van der Waals surface area contributed by atoms with E-state index in [1.54, 1.807) is 0 Å². The summed E-state index contributed by atoms with van der Waals surface area (Å²) in [6, 6.07) is 7.78. The summed E-state index contributed by atoms with van der Waals surface area (Å²) < 4.78 is 0. The molecule has 0 aromatic heterocycles. The Kier molecular flexibility index (Phi) is 4.99. The van der Waals surface area contributed by atoms with Gasteiger partial charge in [-0.15, -0.1) is 0 Å². The number of anilines is 1. The molecule has 1 atom stereocenters. The van der Waals surface area contributed by atoms with E-state index in [1.165, 1.54) is 5.56 Å². The van der Waals surface area contributed by atoms with Gasteiger partial charge in [0, 0.05) is 12.2 Å². The number of amides is 1. The molecule has 0 bridgehead atoms. The molecule has 3 N–H and O–H groups in total. The summed E-state index contributed by atoms with van der Waals surface area (Å²) >= 11 is 0. The Bertz CT molecular complexity index is 332. The van der Waals surface area contributed by atoms with E-state index in [9.17, 15) is 4.79 Å². The van der Waals surface area contributed by atoms with Crippen LogP contribution in [0.5, 0.6) is 0 Å². The molecule has 0 saturated heterocycles. The topological polar surface area (TPSA) is 55.1 Å². The highest BCUT2D eigenvalue weighted by atomic mass is 16.1. The number of carbonyl (C=O) groups is 1. The molecule has 3 nitrogen and oxygen atoms in total. The number of hydrogen-bond donors (Lipinski definition) is 2. The highest BCUT2D eigenvalue weighted by Gasteiger charge is 2.15. The Balaban J connectivity index is 2.59. The van der Waals surface area contributed by atoms with Crippen molar-refractivity contribution < 1.29 is 4.79 Å². The monoisotopic (exact) mass is 220 g/mol. The molecule has 1 unspecified atom stereocenters. The third-order valence-corrected chi connectivity index (χ3v) is 2.61. The van der Waals surface area contributed by atoms with Crippen LogP contribution in [-0.4, -0.2) is 12.5 Å². The van der Waals surface area contributed by atoms with Crippen molar-refractivity contribution in [3.63, 3.8) is 0 Å². The molecule has 16 heavy (non-hydrogen) atoms. The lowest BCUT2D eigenvalue weighted by Crippen LogP contribution is -2.29. The van der Waals surface area contributed by atoms with Gasteiger partial charge in [-0.25, -0.2) is 0 Å². The summed E-state index contributed by atoms with van der Waals surface area (Å²) in [5, 5.41) is 2.89. The molecule has 0 saturated carbocycles. The van der Waals surface area contributed by atoms with Crippen molar-refractivity contribution in [1.82, 2.24) is 0 Å². The largest absolute Gasteiger partial charge is 0.330 e. The zero-order chi connectivity index (χ0) is 12.0. The third kappa shape index (κ3) is 3.66. The van der Waals surface area contributed by atoms with E-state index < -0.39 is 0 Å². The van der Waals surface area contributed by atoms with Gasteiger partial charge in [0.05, 0.1) is 5.92 Å². The lowest BCUT2D eigenvalue weighted by molar-refractivity contribution is -0.119. The first-order valence-corrected chi connectivity index (χ1v) is 5.75. The first-order chi connectivity index (χ1) is 7.67. The fourth-order valence-corrected chi connectivity index (χ4v) is 1.59. The maximum Gasteiger partial charge on any atom is 0.228 e. The van der Waals surface area contributed by atoms with Gasteiger partial charge in [0.25, 0.3) is 0 Å². The second kappa shape index (κ2) is 6.28. The smallest absolute Gasteiger partial charge is 0.228 e. The summed E-state index contributed by atoms with van der Waals surface area (Å²) in [5.74, 6) is -0.0560. The number of rotatable bonds is 5. The van der Waals surface area contributed by atoms with Crippen LogP contribution in [-0.2, 0) is 4.79 Å². The SMILES string of the molecule is CCCC(CN)C(=O)Nc1ccc(C)cc1. The van der Waals surface area contributed by atoms with Crippen LogP contribution < -0.4 is 11.1 Å². The van der Waals surface area contributed by atoms with Crippen LogP contribution >= 0.6 is 0 Å². The van der Waals surface area contributed by atoms with E-state index in [-0.39, 0.29) is 11.8 Å². The van der Waals surface area contributed by atoms with Crippen molar-refractivity contribution in [2.75, 3.05) is 11.9 Å². The van der Waals surface area contributed by atoms with Gasteiger partial charge in [-0.3, -0.25) is 4.79 Å². The van der Waals surface area contributed by atoms with Crippen molar-refractivity contribution in [2.45, 2.75) is 26.7 Å². The van der Waals surface area contributed by atoms with Crippen LogP contribution in [0.25, 0.3) is 0 Å². The Morgan fingerprint density at radius 2 is 2.00 bits per heavy atom. The molecule has 0 aliphatic rings. The molecule has 1 aromatic rings. The van der Waals surface area contributed by atoms with E-state index >= 15 is 0 Å². The molecule has 0 spiro atoms. The number of benzene rings is 1. The van der Waals surface area contributed by atoms with E-state index in [0.717, 1.165) is 18.5 Å². The van der Waals surface area contributed by atoms with Gasteiger partial charge in [-0.05, 0) is 25.5 Å². The molecule has 0 radical (unpaired) electrons. The van der Waals surface area contributed by atoms with E-state index in [1.807, 2.05) is 31.2 Å². The van der Waals surface area contributed by atoms with E-state index in [0.29, 0.717) is 6.54 Å². The molecule has 0 aliphatic heterocycles. The van der Waals surface area contributed by atoms with Gasteiger partial charge in [-0.2, -0.15) is 0 Å². The number of nitrogens with two attached hydrogens (primary N) is 1. The number of carbonyl (C=O) groups excluding carboxylic acids is 1. The van der Waals surface area contributed by atoms with Crippen molar-refractivity contribution in [3.8, 4) is 0 Å². The van der Waals surface area contributed by atoms with Crippen LogP contribution in [0.1, 0.15) is 25.3 Å². The average molecular weight is 220 g/mol. The lowest BCUT2D eigenvalue weighted by atomic mass is 10.0. The zero-order valence-corrected chi connectivity index (χ0v) is 9.99. The highest BCUT2D eigenvalue weighted by Crippen LogP contribution is 2.12. The minimum atomic E-state index is -0.0775. The molecule has 1 aromatic carbocycles. The number of aryl methyl sites for hydroxylation is 1. The molecule has 1 rings (SSSR count). The first-order valence-electron chi connectivity index (χ1n) is 5.75. The van der Waals surface area contributed by atoms with E-state index in [4.69, 9.17) is 5.73 Å². The summed E-state index contributed by atoms with van der Waals surface area (Å²) in [4.78, 5) is 11.8. The van der Waals surface area contributed by atoms with Crippen LogP contribution in [0.2, 0.25) is 0 Å². The fourth-order valence-electron chi connectivity index (χ4n) is 1.59. The fraction of sp³-hybridized carbons (Fsp3) is 0.462. The van der Waals surface area contributed by atoms with Gasteiger partial charge >= 0.3 is 0 Å². The molecular formula is C13H20N2O. The Labute approximate surface area is 97.0 Å². The van der Waals surface area contributed by atoms with Crippen molar-refractivity contribution in [2.24, 2.45) is 11.7 Å². The van der Waals surface area contributed by atoms with E-state index in [2.05, 4.69) is 12.2 Å². The van der Waals surface area contributed by atoms with Crippen LogP contribution in [0.3, 0.4) is 0 Å². The third-order valence-electron chi connectivity index (χ3n) is 2.61. The summed E-state index contributed by atoms with van der Waals surface area (Å²) in [6.07, 6.45) is 1.82. The number of nitrogens with one attached hydrogen (secondary N) is 1. The maximum atomic E-state index is 11.8. The van der Waals surface area contributed by atoms with Crippen molar-refractivity contribution in [3.05, 3.63) is 29.8 Å². The zero-order valence-electron chi connectivity index (χ0n) is 9.99. The minimum absolute atomic E-state index is 0.0215. The molecule has 88 valence electrons. The summed E-state index contributed by atoms with van der Waals surface area (Å²) in [5.41, 5.74) is 7.60. The molecule has 0 fully saturated rings. The molecule has 0 heterocycles. The predicted molar refractivity (Wildman–Crippen MR) is 67.3 cm³/mol. The molecular weight excluding hydrogens is 200 g/mol. The summed E-state index contributed by atoms with van der Waals surface area (Å²) in [7, 11) is 0. The standard InChI is InChI=1S/C13H20N2O/c1-3-4-11(9-14)13(16)15-12-7-5-10(2)6-8-12/h5-8,11H,3-4,9,14H2,1-2H3,(H,15,16). The summed E-state index contributed by atoms with van der Waals surface area (Å²) in [6.45, 7) is 4.48. The lowest BCUT2D eigenvalue weighted by Gasteiger charge is -2.13. The molecule has 3 heteroatoms. The minimum Gasteiger partial charge on any atom is -0.330 e. The predicted octanol–water partition coefficient (Wildman–Crippen LogP) is 2.31. The van der Waals surface area contributed by atoms with Gasteiger partial charge in [0.15, 0.2) is 0 Å². The Morgan fingerprint density at radius 1 is 1.38 bits per heavy atom. The van der Waals surface area contributed by atoms with Crippen LogP contribution in [0.15, 0.2) is 24.3 Å². The normalized spacial score (nSPS) is 12.2. The maximum absolute atomic E-state index is 11.8. The van der Waals surface area contributed by atoms with Gasteiger partial charge in [0.2, 0.25) is 5.91 Å². The van der Waals surface area contributed by atoms with Gasteiger partial charge < -0.3 is 11.1 Å². The Morgan fingerprint density at radius 3 is 2.50 bits per heavy atom. The quantitative estimate of drug-likeness (QED) is 0.800. The molecule has 1 amide bonds. The molecule has 0 aliphatic carbocycles. The average Bonchev–Trinajstić information content (AvgIpc) is 2.29. The first kappa shape index (κ1) is 12.7.